The summed E-state index contributed by atoms with van der Waals surface area (Å²) in [6, 6.07) is 7.80. The molecular weight excluding hydrogens is 338 g/mol. The minimum atomic E-state index is -0.123. The quantitative estimate of drug-likeness (QED) is 0.732. The molecule has 8 heteroatoms. The van der Waals surface area contributed by atoms with Crippen molar-refractivity contribution in [3.8, 4) is 10.8 Å². The number of amides is 1. The van der Waals surface area contributed by atoms with Crippen LogP contribution in [0, 0.1) is 13.8 Å². The average molecular weight is 357 g/mol. The lowest BCUT2D eigenvalue weighted by Crippen LogP contribution is -2.27. The van der Waals surface area contributed by atoms with Gasteiger partial charge in [0.05, 0.1) is 12.7 Å². The fraction of sp³-hybridized carbons (Fsp3) is 0.294. The number of hydrogen-bond acceptors (Lipinski definition) is 6. The van der Waals surface area contributed by atoms with Gasteiger partial charge in [0.15, 0.2) is 0 Å². The van der Waals surface area contributed by atoms with Gasteiger partial charge in [-0.1, -0.05) is 18.2 Å². The minimum Gasteiger partial charge on any atom is -0.496 e. The Kier molecular flexibility index (Phi) is 5.08. The van der Waals surface area contributed by atoms with Crippen molar-refractivity contribution in [1.29, 1.82) is 0 Å². The van der Waals surface area contributed by atoms with Gasteiger partial charge in [-0.2, -0.15) is 4.68 Å². The van der Waals surface area contributed by atoms with Crippen molar-refractivity contribution in [2.24, 2.45) is 0 Å². The zero-order valence-electron chi connectivity index (χ0n) is 14.3. The first kappa shape index (κ1) is 17.1. The van der Waals surface area contributed by atoms with E-state index in [0.717, 1.165) is 26.8 Å². The summed E-state index contributed by atoms with van der Waals surface area (Å²) in [7, 11) is 1.65. The van der Waals surface area contributed by atoms with Gasteiger partial charge < -0.3 is 10.1 Å². The molecular formula is C17H19N5O2S. The van der Waals surface area contributed by atoms with Gasteiger partial charge in [0.2, 0.25) is 0 Å². The fourth-order valence-electron chi connectivity index (χ4n) is 2.60. The lowest BCUT2D eigenvalue weighted by atomic mass is 10.1. The number of methoxy groups -OCH3 is 1. The molecule has 0 radical (unpaired) electrons. The van der Waals surface area contributed by atoms with E-state index < -0.39 is 0 Å². The number of rotatable bonds is 6. The molecule has 1 amide bonds. The Morgan fingerprint density at radius 1 is 1.32 bits per heavy atom. The highest BCUT2D eigenvalue weighted by Crippen LogP contribution is 2.30. The van der Waals surface area contributed by atoms with Crippen LogP contribution in [0.25, 0.3) is 5.00 Å². The molecule has 2 heterocycles. The molecule has 0 spiro atoms. The molecule has 1 aromatic carbocycles. The SMILES string of the molecule is COc1ccccc1CCNC(=O)c1c(-n2cnnn2)sc(C)c1C. The van der Waals surface area contributed by atoms with Gasteiger partial charge in [0, 0.05) is 11.4 Å². The Hall–Kier alpha value is -2.74. The number of hydrogen-bond donors (Lipinski definition) is 1. The Labute approximate surface area is 149 Å². The van der Waals surface area contributed by atoms with Crippen LogP contribution >= 0.6 is 11.3 Å². The number of carbonyl (C=O) groups excluding carboxylic acids is 1. The Bertz CT molecular complexity index is 873. The molecule has 0 aliphatic carbocycles. The number of nitrogens with one attached hydrogen (secondary N) is 1. The van der Waals surface area contributed by atoms with Gasteiger partial charge in [-0.3, -0.25) is 4.79 Å². The highest BCUT2D eigenvalue weighted by molar-refractivity contribution is 7.15. The Balaban J connectivity index is 1.74. The summed E-state index contributed by atoms with van der Waals surface area (Å²) in [5, 5.41) is 14.9. The van der Waals surface area contributed by atoms with Crippen LogP contribution in [0.1, 0.15) is 26.4 Å². The molecule has 130 valence electrons. The number of thiophene rings is 1. The summed E-state index contributed by atoms with van der Waals surface area (Å²) in [4.78, 5) is 13.8. The van der Waals surface area contributed by atoms with Crippen LogP contribution in [-0.4, -0.2) is 39.8 Å². The third-order valence-corrected chi connectivity index (χ3v) is 5.22. The first-order valence-corrected chi connectivity index (χ1v) is 8.67. The van der Waals surface area contributed by atoms with Gasteiger partial charge in [0.25, 0.3) is 5.91 Å². The molecule has 0 atom stereocenters. The van der Waals surface area contributed by atoms with Crippen molar-refractivity contribution < 1.29 is 9.53 Å². The Morgan fingerprint density at radius 3 is 2.84 bits per heavy atom. The van der Waals surface area contributed by atoms with E-state index in [-0.39, 0.29) is 5.91 Å². The molecule has 25 heavy (non-hydrogen) atoms. The molecule has 0 unspecified atom stereocenters. The number of nitrogens with zero attached hydrogens (tertiary/aromatic N) is 4. The number of ether oxygens (including phenoxy) is 1. The lowest BCUT2D eigenvalue weighted by Gasteiger charge is -2.10. The van der Waals surface area contributed by atoms with Crippen LogP contribution in [0.4, 0.5) is 0 Å². The summed E-state index contributed by atoms with van der Waals surface area (Å²) >= 11 is 1.50. The van der Waals surface area contributed by atoms with Crippen molar-refractivity contribution in [2.75, 3.05) is 13.7 Å². The van der Waals surface area contributed by atoms with Crippen LogP contribution in [-0.2, 0) is 6.42 Å². The van der Waals surface area contributed by atoms with Crippen molar-refractivity contribution in [3.63, 3.8) is 0 Å². The summed E-state index contributed by atoms with van der Waals surface area (Å²) in [6.07, 6.45) is 2.19. The minimum absolute atomic E-state index is 0.123. The molecule has 0 fully saturated rings. The predicted molar refractivity (Wildman–Crippen MR) is 95.5 cm³/mol. The van der Waals surface area contributed by atoms with Crippen LogP contribution in [0.15, 0.2) is 30.6 Å². The highest BCUT2D eigenvalue weighted by atomic mass is 32.1. The van der Waals surface area contributed by atoms with Gasteiger partial charge in [-0.05, 0) is 47.9 Å². The number of aryl methyl sites for hydroxylation is 1. The van der Waals surface area contributed by atoms with E-state index in [2.05, 4.69) is 20.8 Å². The third kappa shape index (κ3) is 3.53. The van der Waals surface area contributed by atoms with E-state index in [1.165, 1.54) is 22.3 Å². The Morgan fingerprint density at radius 2 is 2.12 bits per heavy atom. The monoisotopic (exact) mass is 357 g/mol. The third-order valence-electron chi connectivity index (χ3n) is 4.02. The second-order valence-electron chi connectivity index (χ2n) is 5.54. The van der Waals surface area contributed by atoms with E-state index in [0.29, 0.717) is 18.5 Å². The van der Waals surface area contributed by atoms with E-state index in [9.17, 15) is 4.79 Å². The molecule has 1 N–H and O–H groups in total. The van der Waals surface area contributed by atoms with E-state index >= 15 is 0 Å². The number of carbonyl (C=O) groups is 1. The highest BCUT2D eigenvalue weighted by Gasteiger charge is 2.21. The second-order valence-corrected chi connectivity index (χ2v) is 6.74. The number of para-hydroxylation sites is 1. The van der Waals surface area contributed by atoms with Crippen molar-refractivity contribution >= 4 is 17.2 Å². The summed E-state index contributed by atoms with van der Waals surface area (Å²) in [5.41, 5.74) is 2.63. The molecule has 3 rings (SSSR count). The van der Waals surface area contributed by atoms with Crippen molar-refractivity contribution in [3.05, 3.63) is 52.2 Å². The topological polar surface area (TPSA) is 81.9 Å². The number of benzene rings is 1. The molecule has 0 saturated carbocycles. The largest absolute Gasteiger partial charge is 0.496 e. The lowest BCUT2D eigenvalue weighted by molar-refractivity contribution is 0.0953. The van der Waals surface area contributed by atoms with Crippen LogP contribution in [0.3, 0.4) is 0 Å². The molecule has 3 aromatic rings. The maximum absolute atomic E-state index is 12.7. The van der Waals surface area contributed by atoms with Crippen LogP contribution in [0.5, 0.6) is 5.75 Å². The second kappa shape index (κ2) is 7.43. The molecule has 2 aromatic heterocycles. The molecule has 0 bridgehead atoms. The zero-order chi connectivity index (χ0) is 17.8. The normalized spacial score (nSPS) is 10.7. The predicted octanol–water partition coefficient (Wildman–Crippen LogP) is 2.32. The molecule has 0 aliphatic rings. The molecule has 0 aliphatic heterocycles. The summed E-state index contributed by atoms with van der Waals surface area (Å²) in [5.74, 6) is 0.705. The van der Waals surface area contributed by atoms with Gasteiger partial charge in [0.1, 0.15) is 17.1 Å². The van der Waals surface area contributed by atoms with E-state index in [4.69, 9.17) is 4.74 Å². The van der Waals surface area contributed by atoms with Gasteiger partial charge in [-0.25, -0.2) is 0 Å². The van der Waals surface area contributed by atoms with Gasteiger partial charge in [-0.15, -0.1) is 16.4 Å². The maximum atomic E-state index is 12.7. The zero-order valence-corrected chi connectivity index (χ0v) is 15.1. The van der Waals surface area contributed by atoms with Crippen LogP contribution in [0.2, 0.25) is 0 Å². The average Bonchev–Trinajstić information content (AvgIpc) is 3.24. The van der Waals surface area contributed by atoms with E-state index in [1.54, 1.807) is 7.11 Å². The molecule has 7 nitrogen and oxygen atoms in total. The number of tetrazole rings is 1. The molecule has 0 saturated heterocycles. The van der Waals surface area contributed by atoms with Crippen molar-refractivity contribution in [2.45, 2.75) is 20.3 Å². The summed E-state index contributed by atoms with van der Waals surface area (Å²) < 4.78 is 6.87. The van der Waals surface area contributed by atoms with E-state index in [1.807, 2.05) is 38.1 Å². The maximum Gasteiger partial charge on any atom is 0.254 e. The standard InChI is InChI=1S/C17H19N5O2S/c1-11-12(2)25-17(22-10-19-20-21-22)15(11)16(23)18-9-8-13-6-4-5-7-14(13)24-3/h4-7,10H,8-9H2,1-3H3,(H,18,23). The van der Waals surface area contributed by atoms with Crippen molar-refractivity contribution in [1.82, 2.24) is 25.5 Å². The fourth-order valence-corrected chi connectivity index (χ4v) is 3.67. The smallest absolute Gasteiger partial charge is 0.254 e. The van der Waals surface area contributed by atoms with Crippen LogP contribution < -0.4 is 10.1 Å². The number of aromatic nitrogens is 4. The first-order valence-electron chi connectivity index (χ1n) is 7.85. The first-order chi connectivity index (χ1) is 12.1. The van der Waals surface area contributed by atoms with Gasteiger partial charge >= 0.3 is 0 Å². The summed E-state index contributed by atoms with van der Waals surface area (Å²) in [6.45, 7) is 4.44.